The van der Waals surface area contributed by atoms with Crippen molar-refractivity contribution in [2.24, 2.45) is 0 Å². The molecule has 25 heavy (non-hydrogen) atoms. The van der Waals surface area contributed by atoms with Crippen molar-refractivity contribution in [3.63, 3.8) is 0 Å². The van der Waals surface area contributed by atoms with Gasteiger partial charge in [0, 0.05) is 16.7 Å². The van der Waals surface area contributed by atoms with E-state index in [4.69, 9.17) is 28.2 Å². The fraction of sp³-hybridized carbons (Fsp3) is 0.400. The lowest BCUT2D eigenvalue weighted by Crippen LogP contribution is -2.32. The first-order valence-electron chi connectivity index (χ1n) is 6.97. The predicted molar refractivity (Wildman–Crippen MR) is 86.3 cm³/mol. The molecule has 0 bridgehead atoms. The molecule has 0 aromatic heterocycles. The maximum atomic E-state index is 11.2. The molecule has 0 N–H and O–H groups in total. The van der Waals surface area contributed by atoms with Crippen molar-refractivity contribution in [3.05, 3.63) is 36.5 Å². The zero-order valence-corrected chi connectivity index (χ0v) is 14.5. The highest BCUT2D eigenvalue weighted by Crippen LogP contribution is 2.00. The molecule has 0 heterocycles. The van der Waals surface area contributed by atoms with Gasteiger partial charge in [0.1, 0.15) is 0 Å². The van der Waals surface area contributed by atoms with Gasteiger partial charge in [0.05, 0.1) is 0 Å². The minimum absolute atomic E-state index is 0.174. The first-order valence-corrected chi connectivity index (χ1v) is 6.97. The van der Waals surface area contributed by atoms with Gasteiger partial charge in [-0.3, -0.25) is 0 Å². The summed E-state index contributed by atoms with van der Waals surface area (Å²) in [6.45, 7) is 13.0. The molecule has 0 amide bonds. The van der Waals surface area contributed by atoms with Crippen molar-refractivity contribution in [2.45, 2.75) is 20.8 Å². The van der Waals surface area contributed by atoms with E-state index in [2.05, 4.69) is 19.7 Å². The zero-order valence-electron chi connectivity index (χ0n) is 14.5. The molecule has 0 fully saturated rings. The van der Waals surface area contributed by atoms with Crippen LogP contribution in [0.25, 0.3) is 0 Å². The Kier molecular flexibility index (Phi) is 10.8. The number of rotatable bonds is 12. The number of ether oxygens (including phenoxy) is 3. The third-order valence-electron chi connectivity index (χ3n) is 2.23. The molecule has 0 saturated carbocycles. The number of hydrogen-bond donors (Lipinski definition) is 0. The molecule has 0 aromatic carbocycles. The molecule has 0 unspecified atom stereocenters. The van der Waals surface area contributed by atoms with Gasteiger partial charge in [-0.15, -0.1) is 0 Å². The fourth-order valence-electron chi connectivity index (χ4n) is 0.943. The van der Waals surface area contributed by atoms with Crippen molar-refractivity contribution < 1.29 is 42.6 Å². The van der Waals surface area contributed by atoms with E-state index in [-0.39, 0.29) is 16.7 Å². The van der Waals surface area contributed by atoms with Crippen LogP contribution >= 0.6 is 0 Å². The van der Waals surface area contributed by atoms with Gasteiger partial charge in [-0.05, 0) is 20.8 Å². The summed E-state index contributed by atoms with van der Waals surface area (Å²) in [6, 6.07) is 0. The lowest BCUT2D eigenvalue weighted by molar-refractivity contribution is -0.155. The third-order valence-corrected chi connectivity index (χ3v) is 2.23. The van der Waals surface area contributed by atoms with Crippen LogP contribution in [-0.4, -0.2) is 45.6 Å². The molecule has 0 spiro atoms. The van der Waals surface area contributed by atoms with Gasteiger partial charge in [0.2, 0.25) is 0 Å². The predicted octanol–water partition coefficient (Wildman–Crippen LogP) is 1.25. The number of carbonyl (C=O) groups is 3. The fourth-order valence-corrected chi connectivity index (χ4v) is 0.943. The van der Waals surface area contributed by atoms with Gasteiger partial charge in [0.25, 0.3) is 0 Å². The van der Waals surface area contributed by atoms with Gasteiger partial charge in [-0.2, -0.15) is 0 Å². The van der Waals surface area contributed by atoms with Crippen LogP contribution in [0.4, 0.5) is 0 Å². The van der Waals surface area contributed by atoms with Crippen LogP contribution in [0.3, 0.4) is 0 Å². The third kappa shape index (κ3) is 10.9. The molecular formula is C15H21BO9. The second-order valence-corrected chi connectivity index (χ2v) is 4.78. The lowest BCUT2D eigenvalue weighted by Gasteiger charge is -2.15. The summed E-state index contributed by atoms with van der Waals surface area (Å²) < 4.78 is 29.1. The lowest BCUT2D eigenvalue weighted by atomic mass is 10.2. The molecule has 10 heteroatoms. The van der Waals surface area contributed by atoms with Gasteiger partial charge in [-0.1, -0.05) is 19.7 Å². The highest BCUT2D eigenvalue weighted by atomic mass is 16.8. The highest BCUT2D eigenvalue weighted by Gasteiger charge is 2.24. The first kappa shape index (κ1) is 22.6. The van der Waals surface area contributed by atoms with Gasteiger partial charge >= 0.3 is 25.2 Å². The largest absolute Gasteiger partial charge is 0.646 e. The van der Waals surface area contributed by atoms with E-state index in [9.17, 15) is 14.4 Å². The summed E-state index contributed by atoms with van der Waals surface area (Å²) in [7, 11) is -1.44. The van der Waals surface area contributed by atoms with Crippen molar-refractivity contribution in [2.75, 3.05) is 20.4 Å². The maximum Gasteiger partial charge on any atom is 0.646 e. The molecule has 0 aliphatic heterocycles. The van der Waals surface area contributed by atoms with Crippen molar-refractivity contribution in [1.29, 1.82) is 0 Å². The molecule has 0 aliphatic carbocycles. The van der Waals surface area contributed by atoms with Crippen molar-refractivity contribution in [1.82, 2.24) is 0 Å². The van der Waals surface area contributed by atoms with E-state index in [0.29, 0.717) is 0 Å². The molecule has 0 rings (SSSR count). The Morgan fingerprint density at radius 2 is 0.880 bits per heavy atom. The van der Waals surface area contributed by atoms with Crippen molar-refractivity contribution in [3.8, 4) is 0 Å². The molecule has 0 saturated heterocycles. The van der Waals surface area contributed by atoms with Crippen LogP contribution < -0.4 is 0 Å². The quantitative estimate of drug-likeness (QED) is 0.168. The standard InChI is InChI=1S/C15H21BO9/c1-10(2)13(17)20-7-23-16(24-8-21-14(18)11(3)4)25-9-22-15(19)12(5)6/h1,3,5,7-9H2,2,4,6H3. The normalized spacial score (nSPS) is 9.72. The summed E-state index contributed by atoms with van der Waals surface area (Å²) in [5.41, 5.74) is 0.522. The smallest absolute Gasteiger partial charge is 0.436 e. The minimum atomic E-state index is -1.44. The van der Waals surface area contributed by atoms with Gasteiger partial charge in [0.15, 0.2) is 20.4 Å². The van der Waals surface area contributed by atoms with Crippen LogP contribution in [0, 0.1) is 0 Å². The van der Waals surface area contributed by atoms with Crippen LogP contribution in [0.1, 0.15) is 20.8 Å². The molecule has 0 aromatic rings. The Balaban J connectivity index is 4.38. The molecule has 9 nitrogen and oxygen atoms in total. The Hall–Kier alpha value is -2.43. The Morgan fingerprint density at radius 1 is 0.640 bits per heavy atom. The summed E-state index contributed by atoms with van der Waals surface area (Å²) in [5, 5.41) is 0. The Labute approximate surface area is 146 Å². The van der Waals surface area contributed by atoms with Crippen molar-refractivity contribution >= 4 is 25.2 Å². The minimum Gasteiger partial charge on any atom is -0.436 e. The van der Waals surface area contributed by atoms with E-state index in [1.165, 1.54) is 20.8 Å². The van der Waals surface area contributed by atoms with E-state index >= 15 is 0 Å². The molecular weight excluding hydrogens is 335 g/mol. The number of hydrogen-bond acceptors (Lipinski definition) is 9. The monoisotopic (exact) mass is 356 g/mol. The second-order valence-electron chi connectivity index (χ2n) is 4.78. The number of carbonyl (C=O) groups excluding carboxylic acids is 3. The van der Waals surface area contributed by atoms with Gasteiger partial charge in [-0.25, -0.2) is 14.4 Å². The van der Waals surface area contributed by atoms with Gasteiger partial charge < -0.3 is 28.2 Å². The topological polar surface area (TPSA) is 107 Å². The Bertz CT molecular complexity index is 465. The van der Waals surface area contributed by atoms with Crippen LogP contribution in [0.15, 0.2) is 36.5 Å². The Morgan fingerprint density at radius 3 is 1.08 bits per heavy atom. The maximum absolute atomic E-state index is 11.2. The SMILES string of the molecule is C=C(C)C(=O)OCOB(OCOC(=O)C(=C)C)OCOC(=O)C(=C)C. The van der Waals surface area contributed by atoms with Crippen LogP contribution in [-0.2, 0) is 42.6 Å². The second kappa shape index (κ2) is 12.0. The summed E-state index contributed by atoms with van der Waals surface area (Å²) in [5.74, 6) is -2.04. The average molecular weight is 356 g/mol. The van der Waals surface area contributed by atoms with E-state index < -0.39 is 45.6 Å². The molecule has 0 radical (unpaired) electrons. The first-order chi connectivity index (χ1) is 11.6. The van der Waals surface area contributed by atoms with E-state index in [1.54, 1.807) is 0 Å². The summed E-state index contributed by atoms with van der Waals surface area (Å²) >= 11 is 0. The van der Waals surface area contributed by atoms with Crippen LogP contribution in [0.2, 0.25) is 0 Å². The number of esters is 3. The molecule has 0 atom stereocenters. The summed E-state index contributed by atoms with van der Waals surface area (Å²) in [6.07, 6.45) is 0. The summed E-state index contributed by atoms with van der Waals surface area (Å²) in [4.78, 5) is 33.7. The van der Waals surface area contributed by atoms with E-state index in [0.717, 1.165) is 0 Å². The zero-order chi connectivity index (χ0) is 19.4. The average Bonchev–Trinajstić information content (AvgIpc) is 2.53. The molecule has 138 valence electrons. The molecule has 0 aliphatic rings. The van der Waals surface area contributed by atoms with Crippen LogP contribution in [0.5, 0.6) is 0 Å². The van der Waals surface area contributed by atoms with E-state index in [1.807, 2.05) is 0 Å². The highest BCUT2D eigenvalue weighted by molar-refractivity contribution is 6.36.